The van der Waals surface area contributed by atoms with Gasteiger partial charge in [-0.15, -0.1) is 0 Å². The van der Waals surface area contributed by atoms with Gasteiger partial charge in [0.1, 0.15) is 12.4 Å². The molecule has 3 heterocycles. The smallest absolute Gasteiger partial charge is 0.250 e. The molecular weight excluding hydrogens is 486 g/mol. The number of amides is 1. The summed E-state index contributed by atoms with van der Waals surface area (Å²) >= 11 is 5.85. The van der Waals surface area contributed by atoms with Gasteiger partial charge in [0.15, 0.2) is 5.11 Å². The molecule has 1 aliphatic heterocycles. The summed E-state index contributed by atoms with van der Waals surface area (Å²) in [5.74, 6) is 0.266. The molecule has 2 N–H and O–H groups in total. The number of anilines is 2. The first-order valence-electron chi connectivity index (χ1n) is 11.8. The van der Waals surface area contributed by atoms with Crippen LogP contribution in [0.2, 0.25) is 0 Å². The largest absolute Gasteiger partial charge is 0.495 e. The van der Waals surface area contributed by atoms with Gasteiger partial charge in [-0.3, -0.25) is 9.78 Å². The summed E-state index contributed by atoms with van der Waals surface area (Å²) in [6, 6.07) is 23.4. The number of aromatic nitrogens is 2. The Morgan fingerprint density at radius 3 is 2.59 bits per heavy atom. The molecule has 2 atom stereocenters. The van der Waals surface area contributed by atoms with Crippen LogP contribution in [0.4, 0.5) is 11.4 Å². The summed E-state index contributed by atoms with van der Waals surface area (Å²) in [4.78, 5) is 19.0. The molecule has 0 saturated carbocycles. The molecule has 8 nitrogen and oxygen atoms in total. The van der Waals surface area contributed by atoms with E-state index in [9.17, 15) is 4.79 Å². The number of para-hydroxylation sites is 1. The average Bonchev–Trinajstić information content (AvgIpc) is 3.54. The normalized spacial score (nSPS) is 16.9. The number of rotatable bonds is 8. The molecule has 1 fully saturated rings. The Hall–Kier alpha value is -4.21. The van der Waals surface area contributed by atoms with Crippen molar-refractivity contribution in [3.05, 3.63) is 103 Å². The van der Waals surface area contributed by atoms with E-state index in [0.29, 0.717) is 16.5 Å². The zero-order valence-corrected chi connectivity index (χ0v) is 21.3. The molecule has 1 aliphatic rings. The van der Waals surface area contributed by atoms with Gasteiger partial charge in [0.05, 0.1) is 30.6 Å². The predicted octanol–water partition coefficient (Wildman–Crippen LogP) is 4.64. The van der Waals surface area contributed by atoms with Crippen LogP contribution in [-0.4, -0.2) is 41.4 Å². The van der Waals surface area contributed by atoms with Crippen molar-refractivity contribution in [1.82, 2.24) is 14.9 Å². The summed E-state index contributed by atoms with van der Waals surface area (Å²) in [5.41, 5.74) is 4.35. The summed E-state index contributed by atoms with van der Waals surface area (Å²) < 4.78 is 12.5. The Kier molecular flexibility index (Phi) is 7.16. The fourth-order valence-electron chi connectivity index (χ4n) is 4.58. The number of pyridine rings is 1. The van der Waals surface area contributed by atoms with Gasteiger partial charge in [-0.25, -0.2) is 0 Å². The number of hydrogen-bond donors (Lipinski definition) is 2. The van der Waals surface area contributed by atoms with Crippen LogP contribution in [0.1, 0.15) is 23.3 Å². The minimum atomic E-state index is -0.275. The molecule has 0 radical (unpaired) electrons. The molecule has 0 aliphatic carbocycles. The van der Waals surface area contributed by atoms with E-state index in [1.54, 1.807) is 13.3 Å². The zero-order valence-electron chi connectivity index (χ0n) is 20.5. The van der Waals surface area contributed by atoms with Gasteiger partial charge in [0, 0.05) is 37.1 Å². The molecule has 4 aromatic rings. The van der Waals surface area contributed by atoms with Crippen LogP contribution in [0.5, 0.6) is 5.75 Å². The van der Waals surface area contributed by atoms with Crippen molar-refractivity contribution in [2.24, 2.45) is 0 Å². The highest BCUT2D eigenvalue weighted by atomic mass is 32.1. The lowest BCUT2D eigenvalue weighted by atomic mass is 9.98. The van der Waals surface area contributed by atoms with Gasteiger partial charge in [-0.2, -0.15) is 0 Å². The van der Waals surface area contributed by atoms with Crippen molar-refractivity contribution in [2.45, 2.75) is 12.1 Å². The Bertz CT molecular complexity index is 1390. The Morgan fingerprint density at radius 1 is 1.05 bits per heavy atom. The van der Waals surface area contributed by atoms with Gasteiger partial charge in [0.25, 0.3) is 0 Å². The van der Waals surface area contributed by atoms with Crippen LogP contribution in [0, 0.1) is 0 Å². The molecule has 2 aromatic heterocycles. The number of methoxy groups -OCH3 is 2. The van der Waals surface area contributed by atoms with Crippen molar-refractivity contribution in [1.29, 1.82) is 0 Å². The van der Waals surface area contributed by atoms with E-state index in [2.05, 4.69) is 49.5 Å². The highest BCUT2D eigenvalue weighted by Crippen LogP contribution is 2.43. The van der Waals surface area contributed by atoms with E-state index in [4.69, 9.17) is 21.7 Å². The first-order chi connectivity index (χ1) is 18.1. The first-order valence-corrected chi connectivity index (χ1v) is 12.2. The SMILES string of the molecule is COCC(=O)Nc1cc(N2C(=S)N[C@@H](c3ccccn3)[C@H]2c2ccn(-c3ccccc3)c2)ccc1OC. The van der Waals surface area contributed by atoms with Gasteiger partial charge in [-0.05, 0) is 66.3 Å². The van der Waals surface area contributed by atoms with Crippen LogP contribution in [0.25, 0.3) is 5.69 Å². The standard InChI is InChI=1S/C28H27N5O3S/c1-35-18-25(34)30-23-16-21(11-12-24(23)36-2)33-27(26(31-28(33)37)22-10-6-7-14-29-22)19-13-15-32(17-19)20-8-4-3-5-9-20/h3-17,26-27H,18H2,1-2H3,(H,30,34)(H,31,37)/t26-,27+/m0/s1. The van der Waals surface area contributed by atoms with E-state index >= 15 is 0 Å². The fraction of sp³-hybridized carbons (Fsp3) is 0.179. The second-order valence-electron chi connectivity index (χ2n) is 8.55. The highest BCUT2D eigenvalue weighted by molar-refractivity contribution is 7.80. The van der Waals surface area contributed by atoms with Gasteiger partial charge >= 0.3 is 0 Å². The molecule has 9 heteroatoms. The Morgan fingerprint density at radius 2 is 1.86 bits per heavy atom. The summed E-state index contributed by atoms with van der Waals surface area (Å²) in [7, 11) is 3.04. The van der Waals surface area contributed by atoms with E-state index in [0.717, 1.165) is 22.6 Å². The van der Waals surface area contributed by atoms with Gasteiger partial charge in [0.2, 0.25) is 5.91 Å². The van der Waals surface area contributed by atoms with Crippen molar-refractivity contribution < 1.29 is 14.3 Å². The average molecular weight is 514 g/mol. The van der Waals surface area contributed by atoms with E-state index in [-0.39, 0.29) is 24.6 Å². The molecule has 1 amide bonds. The lowest BCUT2D eigenvalue weighted by Gasteiger charge is -2.28. The third kappa shape index (κ3) is 5.04. The lowest BCUT2D eigenvalue weighted by Crippen LogP contribution is -2.29. The van der Waals surface area contributed by atoms with E-state index in [1.807, 2.05) is 60.8 Å². The van der Waals surface area contributed by atoms with Crippen LogP contribution in [-0.2, 0) is 9.53 Å². The molecule has 2 aromatic carbocycles. The summed E-state index contributed by atoms with van der Waals surface area (Å²) in [5, 5.41) is 6.90. The molecule has 5 rings (SSSR count). The molecule has 37 heavy (non-hydrogen) atoms. The van der Waals surface area contributed by atoms with Crippen molar-refractivity contribution in [2.75, 3.05) is 31.0 Å². The van der Waals surface area contributed by atoms with Crippen LogP contribution in [0.3, 0.4) is 0 Å². The lowest BCUT2D eigenvalue weighted by molar-refractivity contribution is -0.119. The quantitative estimate of drug-likeness (QED) is 0.332. The number of nitrogens with zero attached hydrogens (tertiary/aromatic N) is 3. The molecule has 0 bridgehead atoms. The number of ether oxygens (including phenoxy) is 2. The van der Waals surface area contributed by atoms with Crippen molar-refractivity contribution in [3.8, 4) is 11.4 Å². The maximum absolute atomic E-state index is 12.3. The van der Waals surface area contributed by atoms with Crippen molar-refractivity contribution in [3.63, 3.8) is 0 Å². The van der Waals surface area contributed by atoms with Crippen molar-refractivity contribution >= 4 is 34.6 Å². The Labute approximate surface area is 220 Å². The van der Waals surface area contributed by atoms with E-state index < -0.39 is 0 Å². The minimum Gasteiger partial charge on any atom is -0.495 e. The van der Waals surface area contributed by atoms with Crippen LogP contribution < -0.4 is 20.3 Å². The number of nitrogens with one attached hydrogen (secondary N) is 2. The van der Waals surface area contributed by atoms with Crippen LogP contribution >= 0.6 is 12.2 Å². The number of carbonyl (C=O) groups excluding carboxylic acids is 1. The summed E-state index contributed by atoms with van der Waals surface area (Å²) in [6.45, 7) is -0.0611. The molecule has 188 valence electrons. The second kappa shape index (κ2) is 10.8. The first kappa shape index (κ1) is 24.5. The zero-order chi connectivity index (χ0) is 25.8. The third-order valence-corrected chi connectivity index (χ3v) is 6.53. The fourth-order valence-corrected chi connectivity index (χ4v) is 4.93. The molecule has 1 saturated heterocycles. The highest BCUT2D eigenvalue weighted by Gasteiger charge is 2.41. The van der Waals surface area contributed by atoms with Gasteiger partial charge < -0.3 is 29.6 Å². The minimum absolute atomic E-state index is 0.0611. The maximum Gasteiger partial charge on any atom is 0.250 e. The van der Waals surface area contributed by atoms with Crippen LogP contribution in [0.15, 0.2) is 91.4 Å². The molecular formula is C28H27N5O3S. The monoisotopic (exact) mass is 513 g/mol. The molecule has 0 unspecified atom stereocenters. The number of carbonyl (C=O) groups is 1. The van der Waals surface area contributed by atoms with E-state index in [1.165, 1.54) is 7.11 Å². The summed E-state index contributed by atoms with van der Waals surface area (Å²) in [6.07, 6.45) is 5.94. The number of thiocarbonyl (C=S) groups is 1. The second-order valence-corrected chi connectivity index (χ2v) is 8.94. The van der Waals surface area contributed by atoms with Gasteiger partial charge in [-0.1, -0.05) is 24.3 Å². The third-order valence-electron chi connectivity index (χ3n) is 6.22. The maximum atomic E-state index is 12.3. The Balaban J connectivity index is 1.57. The molecule has 0 spiro atoms. The predicted molar refractivity (Wildman–Crippen MR) is 147 cm³/mol. The number of hydrogen-bond acceptors (Lipinski definition) is 5. The topological polar surface area (TPSA) is 80.7 Å². The number of benzene rings is 2.